The molecule has 0 aliphatic carbocycles. The monoisotopic (exact) mass is 243 g/mol. The van der Waals surface area contributed by atoms with Crippen LogP contribution in [0.15, 0.2) is 0 Å². The summed E-state index contributed by atoms with van der Waals surface area (Å²) in [5, 5.41) is 8.86. The molecule has 1 saturated heterocycles. The van der Waals surface area contributed by atoms with Crippen molar-refractivity contribution in [3.05, 3.63) is 0 Å². The Labute approximate surface area is 102 Å². The predicted octanol–water partition coefficient (Wildman–Crippen LogP) is 1.12. The van der Waals surface area contributed by atoms with Crippen LogP contribution in [0.4, 0.5) is 0 Å². The molecule has 98 valence electrons. The van der Waals surface area contributed by atoms with E-state index in [4.69, 9.17) is 9.84 Å². The SMILES string of the molecule is COC1CC(CC(=O)O)N(C(=O)C(C)(C)C)C1. The average Bonchev–Trinajstić information content (AvgIpc) is 2.57. The van der Waals surface area contributed by atoms with Crippen molar-refractivity contribution in [1.29, 1.82) is 0 Å². The summed E-state index contributed by atoms with van der Waals surface area (Å²) in [7, 11) is 1.59. The van der Waals surface area contributed by atoms with Gasteiger partial charge in [-0.25, -0.2) is 0 Å². The topological polar surface area (TPSA) is 66.8 Å². The van der Waals surface area contributed by atoms with Gasteiger partial charge in [0.05, 0.1) is 12.5 Å². The number of carboxylic acid groups (broad SMARTS) is 1. The zero-order chi connectivity index (χ0) is 13.2. The van der Waals surface area contributed by atoms with Crippen molar-refractivity contribution < 1.29 is 19.4 Å². The lowest BCUT2D eigenvalue weighted by atomic mass is 9.94. The Morgan fingerprint density at radius 2 is 2.00 bits per heavy atom. The lowest BCUT2D eigenvalue weighted by Crippen LogP contribution is -2.43. The van der Waals surface area contributed by atoms with Crippen LogP contribution in [0.1, 0.15) is 33.6 Å². The zero-order valence-corrected chi connectivity index (χ0v) is 10.9. The number of carbonyl (C=O) groups is 2. The number of rotatable bonds is 3. The first-order valence-electron chi connectivity index (χ1n) is 5.81. The number of hydrogen-bond acceptors (Lipinski definition) is 3. The number of ether oxygens (including phenoxy) is 1. The van der Waals surface area contributed by atoms with E-state index >= 15 is 0 Å². The molecule has 0 aromatic rings. The fraction of sp³-hybridized carbons (Fsp3) is 0.833. The molecular weight excluding hydrogens is 222 g/mol. The minimum atomic E-state index is -0.876. The Balaban J connectivity index is 2.80. The number of nitrogens with zero attached hydrogens (tertiary/aromatic N) is 1. The maximum absolute atomic E-state index is 12.2. The molecular formula is C12H21NO4. The molecule has 0 radical (unpaired) electrons. The highest BCUT2D eigenvalue weighted by Crippen LogP contribution is 2.28. The molecule has 1 heterocycles. The zero-order valence-electron chi connectivity index (χ0n) is 10.9. The maximum atomic E-state index is 12.2. The van der Waals surface area contributed by atoms with E-state index in [1.54, 1.807) is 12.0 Å². The van der Waals surface area contributed by atoms with Gasteiger partial charge in [0, 0.05) is 25.1 Å². The molecule has 1 N–H and O–H groups in total. The Bertz CT molecular complexity index is 308. The Kier molecular flexibility index (Phi) is 4.14. The van der Waals surface area contributed by atoms with E-state index in [0.29, 0.717) is 13.0 Å². The van der Waals surface area contributed by atoms with Crippen LogP contribution >= 0.6 is 0 Å². The normalized spacial score (nSPS) is 25.1. The van der Waals surface area contributed by atoms with Gasteiger partial charge in [-0.15, -0.1) is 0 Å². The van der Waals surface area contributed by atoms with Crippen molar-refractivity contribution in [2.75, 3.05) is 13.7 Å². The van der Waals surface area contributed by atoms with E-state index in [2.05, 4.69) is 0 Å². The molecule has 2 unspecified atom stereocenters. The van der Waals surface area contributed by atoms with Gasteiger partial charge in [-0.2, -0.15) is 0 Å². The van der Waals surface area contributed by atoms with Gasteiger partial charge < -0.3 is 14.7 Å². The number of hydrogen-bond donors (Lipinski definition) is 1. The summed E-state index contributed by atoms with van der Waals surface area (Å²) in [6, 6.07) is -0.246. The lowest BCUT2D eigenvalue weighted by molar-refractivity contribution is -0.143. The molecule has 0 saturated carbocycles. The first-order chi connectivity index (χ1) is 7.75. The summed E-state index contributed by atoms with van der Waals surface area (Å²) < 4.78 is 5.23. The molecule has 5 nitrogen and oxygen atoms in total. The first kappa shape index (κ1) is 14.0. The summed E-state index contributed by atoms with van der Waals surface area (Å²) >= 11 is 0. The molecule has 5 heteroatoms. The summed E-state index contributed by atoms with van der Waals surface area (Å²) in [4.78, 5) is 24.6. The molecule has 1 fully saturated rings. The number of likely N-dealkylation sites (tertiary alicyclic amines) is 1. The molecule has 1 rings (SSSR count). The van der Waals surface area contributed by atoms with Gasteiger partial charge >= 0.3 is 5.97 Å². The van der Waals surface area contributed by atoms with E-state index in [0.717, 1.165) is 0 Å². The average molecular weight is 243 g/mol. The second-order valence-corrected chi connectivity index (χ2v) is 5.55. The minimum absolute atomic E-state index is 0.0108. The fourth-order valence-electron chi connectivity index (χ4n) is 2.12. The lowest BCUT2D eigenvalue weighted by Gasteiger charge is -2.30. The largest absolute Gasteiger partial charge is 0.481 e. The quantitative estimate of drug-likeness (QED) is 0.806. The molecule has 1 aliphatic rings. The predicted molar refractivity (Wildman–Crippen MR) is 62.6 cm³/mol. The van der Waals surface area contributed by atoms with Gasteiger partial charge in [0.15, 0.2) is 0 Å². The highest BCUT2D eigenvalue weighted by molar-refractivity contribution is 5.82. The van der Waals surface area contributed by atoms with Crippen LogP contribution in [0.25, 0.3) is 0 Å². The van der Waals surface area contributed by atoms with E-state index in [9.17, 15) is 9.59 Å². The third-order valence-corrected chi connectivity index (χ3v) is 3.02. The smallest absolute Gasteiger partial charge is 0.305 e. The van der Waals surface area contributed by atoms with E-state index < -0.39 is 11.4 Å². The van der Waals surface area contributed by atoms with Gasteiger partial charge in [-0.1, -0.05) is 20.8 Å². The molecule has 0 bridgehead atoms. The summed E-state index contributed by atoms with van der Waals surface area (Å²) in [5.41, 5.74) is -0.487. The van der Waals surface area contributed by atoms with E-state index in [1.807, 2.05) is 20.8 Å². The third-order valence-electron chi connectivity index (χ3n) is 3.02. The Hall–Kier alpha value is -1.10. The minimum Gasteiger partial charge on any atom is -0.481 e. The van der Waals surface area contributed by atoms with Gasteiger partial charge in [0.25, 0.3) is 0 Å². The molecule has 0 aromatic heterocycles. The van der Waals surface area contributed by atoms with Gasteiger partial charge in [-0.05, 0) is 6.42 Å². The van der Waals surface area contributed by atoms with Crippen LogP contribution in [-0.2, 0) is 14.3 Å². The van der Waals surface area contributed by atoms with Crippen LogP contribution in [0.3, 0.4) is 0 Å². The highest BCUT2D eigenvalue weighted by atomic mass is 16.5. The first-order valence-corrected chi connectivity index (χ1v) is 5.81. The van der Waals surface area contributed by atoms with Gasteiger partial charge in [-0.3, -0.25) is 9.59 Å². The van der Waals surface area contributed by atoms with Crippen LogP contribution in [-0.4, -0.2) is 47.7 Å². The van der Waals surface area contributed by atoms with Crippen LogP contribution in [0, 0.1) is 5.41 Å². The van der Waals surface area contributed by atoms with Crippen molar-refractivity contribution in [2.45, 2.75) is 45.8 Å². The van der Waals surface area contributed by atoms with Crippen LogP contribution in [0.2, 0.25) is 0 Å². The van der Waals surface area contributed by atoms with Crippen molar-refractivity contribution in [3.8, 4) is 0 Å². The second-order valence-electron chi connectivity index (χ2n) is 5.55. The molecule has 1 amide bonds. The molecule has 17 heavy (non-hydrogen) atoms. The maximum Gasteiger partial charge on any atom is 0.305 e. The standard InChI is InChI=1S/C12H21NO4/c1-12(2,3)11(16)13-7-9(17-4)5-8(13)6-10(14)15/h8-9H,5-7H2,1-4H3,(H,14,15). The molecule has 2 atom stereocenters. The van der Waals surface area contributed by atoms with Crippen molar-refractivity contribution in [1.82, 2.24) is 4.90 Å². The van der Waals surface area contributed by atoms with Crippen molar-refractivity contribution in [2.24, 2.45) is 5.41 Å². The van der Waals surface area contributed by atoms with Crippen molar-refractivity contribution in [3.63, 3.8) is 0 Å². The van der Waals surface area contributed by atoms with Gasteiger partial charge in [0.2, 0.25) is 5.91 Å². The van der Waals surface area contributed by atoms with Crippen molar-refractivity contribution >= 4 is 11.9 Å². The second kappa shape index (κ2) is 5.04. The number of carboxylic acids is 1. The number of carbonyl (C=O) groups excluding carboxylic acids is 1. The Morgan fingerprint density at radius 1 is 1.41 bits per heavy atom. The molecule has 0 aromatic carbocycles. The number of aliphatic carboxylic acids is 1. The molecule has 0 spiro atoms. The summed E-state index contributed by atoms with van der Waals surface area (Å²) in [5.74, 6) is -0.887. The van der Waals surface area contributed by atoms with Crippen LogP contribution in [0.5, 0.6) is 0 Å². The van der Waals surface area contributed by atoms with E-state index in [1.165, 1.54) is 0 Å². The Morgan fingerprint density at radius 3 is 2.41 bits per heavy atom. The third kappa shape index (κ3) is 3.43. The summed E-state index contributed by atoms with van der Waals surface area (Å²) in [6.45, 7) is 6.01. The summed E-state index contributed by atoms with van der Waals surface area (Å²) in [6.07, 6.45) is 0.539. The van der Waals surface area contributed by atoms with E-state index in [-0.39, 0.29) is 24.5 Å². The number of amides is 1. The van der Waals surface area contributed by atoms with Crippen LogP contribution < -0.4 is 0 Å². The number of methoxy groups -OCH3 is 1. The fourth-order valence-corrected chi connectivity index (χ4v) is 2.12. The highest BCUT2D eigenvalue weighted by Gasteiger charge is 2.40. The molecule has 1 aliphatic heterocycles. The van der Waals surface area contributed by atoms with Gasteiger partial charge in [0.1, 0.15) is 0 Å².